The Bertz CT molecular complexity index is 1340. The summed E-state index contributed by atoms with van der Waals surface area (Å²) in [6.45, 7) is 2.00. The molecule has 4 heteroatoms. The van der Waals surface area contributed by atoms with E-state index in [2.05, 4.69) is 0 Å². The molecule has 2 amide bonds. The number of thioether (sulfide) groups is 1. The summed E-state index contributed by atoms with van der Waals surface area (Å²) < 4.78 is 0. The fourth-order valence-electron chi connectivity index (χ4n) is 3.81. The van der Waals surface area contributed by atoms with Gasteiger partial charge in [-0.15, -0.1) is 0 Å². The Labute approximate surface area is 185 Å². The Morgan fingerprint density at radius 3 is 2.13 bits per heavy atom. The Balaban J connectivity index is 1.67. The molecule has 5 rings (SSSR count). The maximum Gasteiger partial charge on any atom is 0.272 e. The standard InChI is InChI=1S/C27H19NO2S/c1-18-14-16-20(17-15-18)24-25(31-21-10-3-2-4-11-21)27(30)28(26(24)29)23-13-7-9-19-8-5-6-12-22(19)23/h2-17H,1H3. The van der Waals surface area contributed by atoms with Gasteiger partial charge in [-0.2, -0.15) is 0 Å². The van der Waals surface area contributed by atoms with Gasteiger partial charge in [0.05, 0.1) is 16.2 Å². The molecule has 4 aromatic carbocycles. The second-order valence-corrected chi connectivity index (χ2v) is 8.51. The molecule has 4 aromatic rings. The number of carbonyl (C=O) groups excluding carboxylic acids is 2. The molecule has 0 saturated heterocycles. The maximum absolute atomic E-state index is 13.7. The lowest BCUT2D eigenvalue weighted by atomic mass is 10.0. The van der Waals surface area contributed by atoms with E-state index in [0.717, 1.165) is 26.8 Å². The third kappa shape index (κ3) is 3.45. The van der Waals surface area contributed by atoms with Crippen LogP contribution in [0.15, 0.2) is 107 Å². The zero-order valence-corrected chi connectivity index (χ0v) is 17.7. The molecule has 0 N–H and O–H groups in total. The minimum Gasteiger partial charge on any atom is -0.268 e. The predicted molar refractivity (Wildman–Crippen MR) is 127 cm³/mol. The lowest BCUT2D eigenvalue weighted by molar-refractivity contribution is -0.119. The molecule has 1 aliphatic rings. The van der Waals surface area contributed by atoms with Crippen molar-refractivity contribution in [2.24, 2.45) is 0 Å². The summed E-state index contributed by atoms with van der Waals surface area (Å²) >= 11 is 1.34. The molecule has 1 aliphatic heterocycles. The molecule has 0 aromatic heterocycles. The van der Waals surface area contributed by atoms with Gasteiger partial charge in [0, 0.05) is 10.3 Å². The van der Waals surface area contributed by atoms with E-state index in [9.17, 15) is 9.59 Å². The lowest BCUT2D eigenvalue weighted by Gasteiger charge is -2.17. The van der Waals surface area contributed by atoms with Crippen LogP contribution in [-0.2, 0) is 9.59 Å². The highest BCUT2D eigenvalue weighted by molar-refractivity contribution is 8.04. The first-order chi connectivity index (χ1) is 15.1. The molecule has 0 fully saturated rings. The van der Waals surface area contributed by atoms with Gasteiger partial charge in [0.2, 0.25) is 0 Å². The third-order valence-corrected chi connectivity index (χ3v) is 6.44. The van der Waals surface area contributed by atoms with E-state index >= 15 is 0 Å². The number of aryl methyl sites for hydroxylation is 1. The van der Waals surface area contributed by atoms with Crippen molar-refractivity contribution >= 4 is 45.6 Å². The number of anilines is 1. The van der Waals surface area contributed by atoms with Crippen molar-refractivity contribution in [3.63, 3.8) is 0 Å². The van der Waals surface area contributed by atoms with E-state index in [1.807, 2.05) is 104 Å². The average molecular weight is 422 g/mol. The highest BCUT2D eigenvalue weighted by Gasteiger charge is 2.41. The summed E-state index contributed by atoms with van der Waals surface area (Å²) in [4.78, 5) is 30.0. The lowest BCUT2D eigenvalue weighted by Crippen LogP contribution is -2.31. The second-order valence-electron chi connectivity index (χ2n) is 7.43. The first kappa shape index (κ1) is 19.3. The Hall–Kier alpha value is -3.63. The molecular weight excluding hydrogens is 402 g/mol. The first-order valence-corrected chi connectivity index (χ1v) is 10.9. The van der Waals surface area contributed by atoms with Crippen molar-refractivity contribution in [1.82, 2.24) is 0 Å². The summed E-state index contributed by atoms with van der Waals surface area (Å²) in [5.41, 5.74) is 2.92. The van der Waals surface area contributed by atoms with Crippen molar-refractivity contribution in [3.05, 3.63) is 113 Å². The van der Waals surface area contributed by atoms with E-state index in [0.29, 0.717) is 16.2 Å². The molecule has 0 radical (unpaired) electrons. The summed E-state index contributed by atoms with van der Waals surface area (Å²) in [6, 6.07) is 30.9. The van der Waals surface area contributed by atoms with Crippen LogP contribution in [0.5, 0.6) is 0 Å². The number of fused-ring (bicyclic) bond motifs is 1. The second kappa shape index (κ2) is 7.89. The van der Waals surface area contributed by atoms with E-state index in [-0.39, 0.29) is 11.8 Å². The zero-order valence-electron chi connectivity index (χ0n) is 16.9. The molecule has 0 atom stereocenters. The molecule has 3 nitrogen and oxygen atoms in total. The molecule has 0 saturated carbocycles. The third-order valence-electron chi connectivity index (χ3n) is 5.35. The summed E-state index contributed by atoms with van der Waals surface area (Å²) in [7, 11) is 0. The van der Waals surface area contributed by atoms with Crippen molar-refractivity contribution in [1.29, 1.82) is 0 Å². The van der Waals surface area contributed by atoms with E-state index in [1.54, 1.807) is 0 Å². The van der Waals surface area contributed by atoms with Crippen LogP contribution in [0.25, 0.3) is 16.3 Å². The van der Waals surface area contributed by atoms with Gasteiger partial charge >= 0.3 is 0 Å². The largest absolute Gasteiger partial charge is 0.272 e. The van der Waals surface area contributed by atoms with Crippen molar-refractivity contribution in [2.45, 2.75) is 11.8 Å². The highest BCUT2D eigenvalue weighted by Crippen LogP contribution is 2.42. The molecule has 0 aliphatic carbocycles. The van der Waals surface area contributed by atoms with Gasteiger partial charge in [-0.05, 0) is 36.1 Å². The minimum absolute atomic E-state index is 0.286. The summed E-state index contributed by atoms with van der Waals surface area (Å²) in [6.07, 6.45) is 0. The predicted octanol–water partition coefficient (Wildman–Crippen LogP) is 6.23. The number of rotatable bonds is 4. The smallest absolute Gasteiger partial charge is 0.268 e. The molecule has 0 bridgehead atoms. The van der Waals surface area contributed by atoms with Crippen LogP contribution < -0.4 is 4.90 Å². The van der Waals surface area contributed by atoms with Crippen LogP contribution in [0, 0.1) is 6.92 Å². The van der Waals surface area contributed by atoms with Crippen molar-refractivity contribution in [2.75, 3.05) is 4.90 Å². The maximum atomic E-state index is 13.7. The van der Waals surface area contributed by atoms with E-state index in [1.165, 1.54) is 16.7 Å². The Morgan fingerprint density at radius 2 is 1.35 bits per heavy atom. The minimum atomic E-state index is -0.288. The zero-order chi connectivity index (χ0) is 21.4. The van der Waals surface area contributed by atoms with Crippen LogP contribution in [0.2, 0.25) is 0 Å². The van der Waals surface area contributed by atoms with Crippen molar-refractivity contribution < 1.29 is 9.59 Å². The SMILES string of the molecule is Cc1ccc(C2=C(Sc3ccccc3)C(=O)N(c3cccc4ccccc34)C2=O)cc1. The molecular formula is C27H19NO2S. The monoisotopic (exact) mass is 421 g/mol. The van der Waals surface area contributed by atoms with Crippen LogP contribution in [0.1, 0.15) is 11.1 Å². The van der Waals surface area contributed by atoms with Gasteiger partial charge < -0.3 is 0 Å². The van der Waals surface area contributed by atoms with Gasteiger partial charge in [0.25, 0.3) is 11.8 Å². The van der Waals surface area contributed by atoms with Crippen LogP contribution >= 0.6 is 11.8 Å². The molecule has 150 valence electrons. The number of carbonyl (C=O) groups is 2. The van der Waals surface area contributed by atoms with Crippen LogP contribution in [0.4, 0.5) is 5.69 Å². The molecule has 0 spiro atoms. The first-order valence-electron chi connectivity index (χ1n) is 10.0. The quantitative estimate of drug-likeness (QED) is 0.367. The number of amides is 2. The summed E-state index contributed by atoms with van der Waals surface area (Å²) in [5, 5.41) is 1.86. The molecule has 0 unspecified atom stereocenters. The van der Waals surface area contributed by atoms with E-state index < -0.39 is 0 Å². The number of nitrogens with zero attached hydrogens (tertiary/aromatic N) is 1. The van der Waals surface area contributed by atoms with E-state index in [4.69, 9.17) is 0 Å². The number of imide groups is 1. The fourth-order valence-corrected chi connectivity index (χ4v) is 4.82. The van der Waals surface area contributed by atoms with Gasteiger partial charge in [-0.1, -0.05) is 96.2 Å². The summed E-state index contributed by atoms with van der Waals surface area (Å²) in [5.74, 6) is -0.575. The normalized spacial score (nSPS) is 14.0. The highest BCUT2D eigenvalue weighted by atomic mass is 32.2. The van der Waals surface area contributed by atoms with Crippen LogP contribution in [0.3, 0.4) is 0 Å². The molecule has 31 heavy (non-hydrogen) atoms. The Morgan fingerprint density at radius 1 is 0.677 bits per heavy atom. The molecule has 1 heterocycles. The van der Waals surface area contributed by atoms with Gasteiger partial charge in [-0.25, -0.2) is 4.90 Å². The van der Waals surface area contributed by atoms with Gasteiger partial charge in [0.15, 0.2) is 0 Å². The average Bonchev–Trinajstić information content (AvgIpc) is 3.04. The fraction of sp³-hybridized carbons (Fsp3) is 0.0370. The van der Waals surface area contributed by atoms with Crippen molar-refractivity contribution in [3.8, 4) is 0 Å². The number of hydrogen-bond acceptors (Lipinski definition) is 3. The van der Waals surface area contributed by atoms with Gasteiger partial charge in [0.1, 0.15) is 0 Å². The van der Waals surface area contributed by atoms with Gasteiger partial charge in [-0.3, -0.25) is 9.59 Å². The topological polar surface area (TPSA) is 37.4 Å². The number of benzene rings is 4. The van der Waals surface area contributed by atoms with Crippen LogP contribution in [-0.4, -0.2) is 11.8 Å². The Kier molecular flexibility index (Phi) is 4.92. The number of hydrogen-bond donors (Lipinski definition) is 0.